The standard InChI is InChI=1S/C34H32F3N5O3/c1-7-25(43)40-16-24-33(44)39(6)32-31(41(24)15-19(40)5)21-14-23(36)26(20-10-8-9-11-22(20)35)27(37)30(21)42(34(32)45)29-18(4)12-13-38-28(29)17(2)3/h7-14,17,19,24H,1,15-16H2,2-6H3. The summed E-state index contributed by atoms with van der Waals surface area (Å²) < 4.78 is 49.4. The van der Waals surface area contributed by atoms with Gasteiger partial charge >= 0.3 is 0 Å². The number of benzene rings is 2. The monoisotopic (exact) mass is 615 g/mol. The van der Waals surface area contributed by atoms with Crippen LogP contribution in [0, 0.1) is 24.4 Å². The van der Waals surface area contributed by atoms with E-state index in [0.29, 0.717) is 16.9 Å². The predicted octanol–water partition coefficient (Wildman–Crippen LogP) is 5.47. The van der Waals surface area contributed by atoms with E-state index in [1.54, 1.807) is 31.0 Å². The Labute approximate surface area is 258 Å². The number of aryl methyl sites for hydroxylation is 1. The van der Waals surface area contributed by atoms with E-state index in [-0.39, 0.29) is 52.8 Å². The van der Waals surface area contributed by atoms with E-state index in [0.717, 1.165) is 16.7 Å². The first-order chi connectivity index (χ1) is 21.4. The van der Waals surface area contributed by atoms with Crippen molar-refractivity contribution in [2.45, 2.75) is 45.7 Å². The van der Waals surface area contributed by atoms with Gasteiger partial charge in [0.1, 0.15) is 23.4 Å². The van der Waals surface area contributed by atoms with Crippen LogP contribution >= 0.6 is 0 Å². The molecule has 2 unspecified atom stereocenters. The molecule has 2 atom stereocenters. The molecule has 232 valence electrons. The highest BCUT2D eigenvalue weighted by molar-refractivity contribution is 6.12. The number of pyridine rings is 2. The third kappa shape index (κ3) is 4.43. The fourth-order valence-electron chi connectivity index (χ4n) is 6.64. The van der Waals surface area contributed by atoms with Crippen LogP contribution in [-0.2, 0) is 9.59 Å². The molecule has 0 radical (unpaired) electrons. The van der Waals surface area contributed by atoms with Gasteiger partial charge in [0.05, 0.1) is 34.7 Å². The molecule has 2 aliphatic heterocycles. The number of fused-ring (bicyclic) bond motifs is 5. The van der Waals surface area contributed by atoms with Gasteiger partial charge in [-0.15, -0.1) is 0 Å². The molecule has 6 rings (SSSR count). The van der Waals surface area contributed by atoms with Crippen molar-refractivity contribution in [3.63, 3.8) is 0 Å². The number of nitrogens with zero attached hydrogens (tertiary/aromatic N) is 5. The normalized spacial score (nSPS) is 18.0. The molecule has 0 bridgehead atoms. The van der Waals surface area contributed by atoms with Gasteiger partial charge in [-0.3, -0.25) is 23.9 Å². The zero-order valence-corrected chi connectivity index (χ0v) is 25.6. The SMILES string of the molecule is C=CC(=O)N1CC2C(=O)N(C)c3c(c4cc(F)c(-c5ccccc5F)c(F)c4n(-c4c(C)ccnc4C(C)C)c3=O)N2CC1C. The van der Waals surface area contributed by atoms with Crippen molar-refractivity contribution in [2.24, 2.45) is 0 Å². The molecule has 2 aromatic carbocycles. The largest absolute Gasteiger partial charge is 0.354 e. The molecule has 0 saturated carbocycles. The number of rotatable bonds is 4. The minimum Gasteiger partial charge on any atom is -0.354 e. The van der Waals surface area contributed by atoms with Crippen molar-refractivity contribution < 1.29 is 22.8 Å². The van der Waals surface area contributed by atoms with E-state index in [4.69, 9.17) is 0 Å². The number of amides is 2. The molecular formula is C34H32F3N5O3. The van der Waals surface area contributed by atoms with Crippen LogP contribution in [0.15, 0.2) is 60.0 Å². The summed E-state index contributed by atoms with van der Waals surface area (Å²) >= 11 is 0. The lowest BCUT2D eigenvalue weighted by molar-refractivity contribution is -0.130. The lowest BCUT2D eigenvalue weighted by atomic mass is 9.95. The first-order valence-electron chi connectivity index (χ1n) is 14.7. The van der Waals surface area contributed by atoms with E-state index in [2.05, 4.69) is 11.6 Å². The molecule has 4 aromatic rings. The lowest BCUT2D eigenvalue weighted by Crippen LogP contribution is -2.66. The Hall–Kier alpha value is -4.93. The molecule has 0 spiro atoms. The van der Waals surface area contributed by atoms with Gasteiger partial charge in [-0.05, 0) is 49.6 Å². The van der Waals surface area contributed by atoms with Crippen molar-refractivity contribution in [1.29, 1.82) is 0 Å². The predicted molar refractivity (Wildman–Crippen MR) is 167 cm³/mol. The van der Waals surface area contributed by atoms with Crippen LogP contribution in [-0.4, -0.2) is 58.5 Å². The molecule has 8 nitrogen and oxygen atoms in total. The summed E-state index contributed by atoms with van der Waals surface area (Å²) in [6.45, 7) is 10.9. The maximum Gasteiger partial charge on any atom is 0.281 e. The molecular weight excluding hydrogens is 583 g/mol. The Morgan fingerprint density at radius 1 is 1.04 bits per heavy atom. The molecule has 45 heavy (non-hydrogen) atoms. The number of aromatic nitrogens is 2. The Morgan fingerprint density at radius 3 is 2.42 bits per heavy atom. The molecule has 0 aliphatic carbocycles. The van der Waals surface area contributed by atoms with Gasteiger partial charge in [-0.1, -0.05) is 38.6 Å². The number of anilines is 2. The topological polar surface area (TPSA) is 78.8 Å². The Balaban J connectivity index is 1.79. The fourth-order valence-corrected chi connectivity index (χ4v) is 6.64. The third-order valence-corrected chi connectivity index (χ3v) is 8.80. The van der Waals surface area contributed by atoms with Gasteiger partial charge in [-0.2, -0.15) is 0 Å². The molecule has 0 N–H and O–H groups in total. The highest BCUT2D eigenvalue weighted by Crippen LogP contribution is 2.45. The van der Waals surface area contributed by atoms with E-state index in [9.17, 15) is 14.4 Å². The lowest BCUT2D eigenvalue weighted by Gasteiger charge is -2.50. The number of likely N-dealkylation sites (N-methyl/N-ethyl adjacent to an activating group) is 1. The van der Waals surface area contributed by atoms with Gasteiger partial charge in [0.15, 0.2) is 5.82 Å². The summed E-state index contributed by atoms with van der Waals surface area (Å²) in [5, 5.41) is 0.0256. The highest BCUT2D eigenvalue weighted by atomic mass is 19.1. The molecule has 2 aromatic heterocycles. The highest BCUT2D eigenvalue weighted by Gasteiger charge is 2.46. The van der Waals surface area contributed by atoms with Crippen molar-refractivity contribution in [3.05, 3.63) is 94.3 Å². The van der Waals surface area contributed by atoms with Gasteiger partial charge in [0, 0.05) is 36.8 Å². The summed E-state index contributed by atoms with van der Waals surface area (Å²) in [7, 11) is 1.44. The van der Waals surface area contributed by atoms with Crippen molar-refractivity contribution in [2.75, 3.05) is 29.9 Å². The van der Waals surface area contributed by atoms with Gasteiger partial charge < -0.3 is 14.7 Å². The molecule has 11 heteroatoms. The van der Waals surface area contributed by atoms with Crippen LogP contribution in [0.3, 0.4) is 0 Å². The van der Waals surface area contributed by atoms with E-state index < -0.39 is 46.6 Å². The second-order valence-corrected chi connectivity index (χ2v) is 11.9. The van der Waals surface area contributed by atoms with Crippen LogP contribution in [0.2, 0.25) is 0 Å². The van der Waals surface area contributed by atoms with Gasteiger partial charge in [-0.25, -0.2) is 13.2 Å². The molecule has 1 fully saturated rings. The summed E-state index contributed by atoms with van der Waals surface area (Å²) in [6, 6.07) is 6.71. The van der Waals surface area contributed by atoms with Gasteiger partial charge in [0.2, 0.25) is 5.91 Å². The first kappa shape index (κ1) is 30.1. The van der Waals surface area contributed by atoms with Crippen molar-refractivity contribution in [1.82, 2.24) is 14.5 Å². The van der Waals surface area contributed by atoms with E-state index in [1.807, 2.05) is 13.8 Å². The molecule has 2 amide bonds. The quantitative estimate of drug-likeness (QED) is 0.285. The Kier molecular flexibility index (Phi) is 7.29. The number of carbonyl (C=O) groups excluding carboxylic acids is 2. The summed E-state index contributed by atoms with van der Waals surface area (Å²) in [6.07, 6.45) is 2.76. The van der Waals surface area contributed by atoms with Crippen molar-refractivity contribution in [3.8, 4) is 16.8 Å². The number of hydrogen-bond donors (Lipinski definition) is 0. The first-order valence-corrected chi connectivity index (χ1v) is 14.7. The number of halogens is 3. The Bertz CT molecular complexity index is 1990. The van der Waals surface area contributed by atoms with Crippen LogP contribution in [0.5, 0.6) is 0 Å². The smallest absolute Gasteiger partial charge is 0.281 e. The molecule has 1 saturated heterocycles. The average Bonchev–Trinajstić information content (AvgIpc) is 3.00. The average molecular weight is 616 g/mol. The zero-order chi connectivity index (χ0) is 32.5. The second-order valence-electron chi connectivity index (χ2n) is 11.9. The minimum absolute atomic E-state index is 0.0172. The molecule has 4 heterocycles. The van der Waals surface area contributed by atoms with Crippen LogP contribution < -0.4 is 15.4 Å². The van der Waals surface area contributed by atoms with Crippen LogP contribution in [0.4, 0.5) is 24.5 Å². The number of piperazine rings is 1. The maximum atomic E-state index is 17.1. The fraction of sp³-hybridized carbons (Fsp3) is 0.294. The van der Waals surface area contributed by atoms with Crippen LogP contribution in [0.1, 0.15) is 37.9 Å². The van der Waals surface area contributed by atoms with E-state index >= 15 is 13.2 Å². The van der Waals surface area contributed by atoms with Crippen molar-refractivity contribution >= 4 is 34.1 Å². The summed E-state index contributed by atoms with van der Waals surface area (Å²) in [5.41, 5.74) is -0.406. The summed E-state index contributed by atoms with van der Waals surface area (Å²) in [4.78, 5) is 50.1. The third-order valence-electron chi connectivity index (χ3n) is 8.80. The summed E-state index contributed by atoms with van der Waals surface area (Å²) in [5.74, 6) is -4.00. The van der Waals surface area contributed by atoms with E-state index in [1.165, 1.54) is 41.1 Å². The zero-order valence-electron chi connectivity index (χ0n) is 25.6. The molecule has 2 aliphatic rings. The Morgan fingerprint density at radius 2 is 1.76 bits per heavy atom. The van der Waals surface area contributed by atoms with Crippen LogP contribution in [0.25, 0.3) is 27.7 Å². The second kappa shape index (κ2) is 10.9. The minimum atomic E-state index is -1.13. The number of carbonyl (C=O) groups is 2. The number of hydrogen-bond acceptors (Lipinski definition) is 5. The van der Waals surface area contributed by atoms with Gasteiger partial charge in [0.25, 0.3) is 11.5 Å². The maximum absolute atomic E-state index is 17.1.